The van der Waals surface area contributed by atoms with E-state index in [1.807, 2.05) is 0 Å². The molecule has 0 amide bonds. The molecule has 3 nitrogen and oxygen atoms in total. The van der Waals surface area contributed by atoms with Gasteiger partial charge >= 0.3 is 0 Å². The Morgan fingerprint density at radius 2 is 0.769 bits per heavy atom. The lowest BCUT2D eigenvalue weighted by molar-refractivity contribution is 0.573. The highest BCUT2D eigenvalue weighted by Gasteiger charge is 2.06. The number of aryl methyl sites for hydroxylation is 3. The van der Waals surface area contributed by atoms with Crippen LogP contribution in [0.3, 0.4) is 0 Å². The van der Waals surface area contributed by atoms with Crippen molar-refractivity contribution in [2.45, 2.75) is 130 Å². The molecule has 0 aliphatic carbocycles. The zero-order chi connectivity index (χ0) is 18.9. The molecular weight excluding hydrogens is 318 g/mol. The minimum absolute atomic E-state index is 0.913. The SMILES string of the molecule is CCCCCCCCCc1nc(CC)nc(CCCCCCCCC)n1. The maximum absolute atomic E-state index is 4.75. The highest BCUT2D eigenvalue weighted by atomic mass is 15.0. The van der Waals surface area contributed by atoms with Crippen LogP contribution in [0.2, 0.25) is 0 Å². The molecule has 0 aliphatic heterocycles. The van der Waals surface area contributed by atoms with Crippen molar-refractivity contribution < 1.29 is 0 Å². The predicted molar refractivity (Wildman–Crippen MR) is 113 cm³/mol. The second kappa shape index (κ2) is 16.2. The number of nitrogens with zero attached hydrogens (tertiary/aromatic N) is 3. The molecule has 0 saturated heterocycles. The van der Waals surface area contributed by atoms with Gasteiger partial charge in [0.15, 0.2) is 0 Å². The number of rotatable bonds is 17. The van der Waals surface area contributed by atoms with Crippen LogP contribution in [0, 0.1) is 0 Å². The highest BCUT2D eigenvalue weighted by molar-refractivity contribution is 4.98. The topological polar surface area (TPSA) is 38.7 Å². The fourth-order valence-electron chi connectivity index (χ4n) is 3.38. The molecule has 0 bridgehead atoms. The van der Waals surface area contributed by atoms with E-state index in [9.17, 15) is 0 Å². The summed E-state index contributed by atoms with van der Waals surface area (Å²) in [5, 5.41) is 0. The Bertz CT molecular complexity index is 409. The van der Waals surface area contributed by atoms with E-state index in [4.69, 9.17) is 4.98 Å². The summed E-state index contributed by atoms with van der Waals surface area (Å²) in [6.45, 7) is 6.69. The minimum Gasteiger partial charge on any atom is -0.218 e. The second-order valence-electron chi connectivity index (χ2n) is 7.68. The Morgan fingerprint density at radius 1 is 0.423 bits per heavy atom. The molecule has 0 N–H and O–H groups in total. The van der Waals surface area contributed by atoms with Gasteiger partial charge in [-0.2, -0.15) is 0 Å². The second-order valence-corrected chi connectivity index (χ2v) is 7.68. The van der Waals surface area contributed by atoms with Gasteiger partial charge in [0.05, 0.1) is 0 Å². The van der Waals surface area contributed by atoms with E-state index < -0.39 is 0 Å². The van der Waals surface area contributed by atoms with Gasteiger partial charge in [-0.3, -0.25) is 0 Å². The van der Waals surface area contributed by atoms with E-state index in [2.05, 4.69) is 30.7 Å². The van der Waals surface area contributed by atoms with Crippen molar-refractivity contribution in [1.29, 1.82) is 0 Å². The number of hydrogen-bond acceptors (Lipinski definition) is 3. The average Bonchev–Trinajstić information content (AvgIpc) is 2.66. The molecule has 1 aromatic heterocycles. The maximum atomic E-state index is 4.75. The van der Waals surface area contributed by atoms with E-state index in [1.165, 1.54) is 89.9 Å². The van der Waals surface area contributed by atoms with Gasteiger partial charge in [0, 0.05) is 19.3 Å². The molecule has 0 saturated carbocycles. The zero-order valence-corrected chi connectivity index (χ0v) is 17.9. The van der Waals surface area contributed by atoms with Gasteiger partial charge < -0.3 is 0 Å². The lowest BCUT2D eigenvalue weighted by Crippen LogP contribution is -2.07. The highest BCUT2D eigenvalue weighted by Crippen LogP contribution is 2.11. The van der Waals surface area contributed by atoms with Crippen LogP contribution in [-0.4, -0.2) is 15.0 Å². The van der Waals surface area contributed by atoms with Crippen LogP contribution < -0.4 is 0 Å². The Balaban J connectivity index is 2.28. The fraction of sp³-hybridized carbons (Fsp3) is 0.870. The van der Waals surface area contributed by atoms with Gasteiger partial charge in [-0.25, -0.2) is 15.0 Å². The van der Waals surface area contributed by atoms with Crippen molar-refractivity contribution >= 4 is 0 Å². The minimum atomic E-state index is 0.913. The summed E-state index contributed by atoms with van der Waals surface area (Å²) in [5.41, 5.74) is 0. The Hall–Kier alpha value is -0.990. The zero-order valence-electron chi connectivity index (χ0n) is 17.9. The molecule has 0 radical (unpaired) electrons. The number of hydrogen-bond donors (Lipinski definition) is 0. The third-order valence-corrected chi connectivity index (χ3v) is 5.10. The number of unbranched alkanes of at least 4 members (excludes halogenated alkanes) is 12. The molecule has 0 spiro atoms. The molecule has 1 heterocycles. The molecule has 0 aromatic carbocycles. The van der Waals surface area contributed by atoms with Crippen molar-refractivity contribution in [3.05, 3.63) is 17.5 Å². The molecule has 26 heavy (non-hydrogen) atoms. The molecule has 150 valence electrons. The van der Waals surface area contributed by atoms with E-state index >= 15 is 0 Å². The maximum Gasteiger partial charge on any atom is 0.132 e. The average molecular weight is 362 g/mol. The molecule has 0 unspecified atom stereocenters. The Morgan fingerprint density at radius 3 is 1.15 bits per heavy atom. The van der Waals surface area contributed by atoms with Crippen LogP contribution >= 0.6 is 0 Å². The van der Waals surface area contributed by atoms with Gasteiger partial charge in [0.25, 0.3) is 0 Å². The van der Waals surface area contributed by atoms with Gasteiger partial charge in [-0.1, -0.05) is 97.8 Å². The Labute approximate surface area is 162 Å². The van der Waals surface area contributed by atoms with Crippen LogP contribution in [0.5, 0.6) is 0 Å². The molecule has 1 rings (SSSR count). The van der Waals surface area contributed by atoms with Crippen molar-refractivity contribution in [2.75, 3.05) is 0 Å². The van der Waals surface area contributed by atoms with Crippen LogP contribution in [0.1, 0.15) is 128 Å². The summed E-state index contributed by atoms with van der Waals surface area (Å²) in [7, 11) is 0. The first-order valence-electron chi connectivity index (χ1n) is 11.5. The van der Waals surface area contributed by atoms with Gasteiger partial charge in [0.2, 0.25) is 0 Å². The van der Waals surface area contributed by atoms with Crippen molar-refractivity contribution in [2.24, 2.45) is 0 Å². The molecular formula is C23H43N3. The lowest BCUT2D eigenvalue weighted by atomic mass is 10.1. The smallest absolute Gasteiger partial charge is 0.132 e. The molecule has 0 aliphatic rings. The van der Waals surface area contributed by atoms with Crippen LogP contribution in [0.4, 0.5) is 0 Å². The first-order chi connectivity index (χ1) is 12.8. The summed E-state index contributed by atoms with van der Waals surface area (Å²) < 4.78 is 0. The molecule has 3 heteroatoms. The van der Waals surface area contributed by atoms with Crippen molar-refractivity contribution in [3.63, 3.8) is 0 Å². The van der Waals surface area contributed by atoms with E-state index in [0.717, 1.165) is 36.7 Å². The van der Waals surface area contributed by atoms with Crippen LogP contribution in [0.15, 0.2) is 0 Å². The van der Waals surface area contributed by atoms with Gasteiger partial charge in [-0.15, -0.1) is 0 Å². The largest absolute Gasteiger partial charge is 0.218 e. The van der Waals surface area contributed by atoms with E-state index in [1.54, 1.807) is 0 Å². The summed E-state index contributed by atoms with van der Waals surface area (Å²) in [6, 6.07) is 0. The summed E-state index contributed by atoms with van der Waals surface area (Å²) in [5.74, 6) is 3.04. The van der Waals surface area contributed by atoms with Crippen LogP contribution in [-0.2, 0) is 19.3 Å². The van der Waals surface area contributed by atoms with Crippen molar-refractivity contribution in [1.82, 2.24) is 15.0 Å². The summed E-state index contributed by atoms with van der Waals surface area (Å²) >= 11 is 0. The standard InChI is InChI=1S/C23H43N3/c1-4-7-9-11-13-15-17-19-22-24-21(6-3)25-23(26-22)20-18-16-14-12-10-8-5-2/h4-20H2,1-3H3. The van der Waals surface area contributed by atoms with Crippen LogP contribution in [0.25, 0.3) is 0 Å². The van der Waals surface area contributed by atoms with Gasteiger partial charge in [-0.05, 0) is 12.8 Å². The molecule has 0 atom stereocenters. The van der Waals surface area contributed by atoms with Gasteiger partial charge in [0.1, 0.15) is 17.5 Å². The quantitative estimate of drug-likeness (QED) is 0.280. The first kappa shape index (κ1) is 23.0. The number of aromatic nitrogens is 3. The third-order valence-electron chi connectivity index (χ3n) is 5.10. The third kappa shape index (κ3) is 11.6. The van der Waals surface area contributed by atoms with E-state index in [-0.39, 0.29) is 0 Å². The summed E-state index contributed by atoms with van der Waals surface area (Å²) in [6.07, 6.45) is 21.7. The summed E-state index contributed by atoms with van der Waals surface area (Å²) in [4.78, 5) is 14.1. The lowest BCUT2D eigenvalue weighted by Gasteiger charge is -2.07. The molecule has 1 aromatic rings. The monoisotopic (exact) mass is 361 g/mol. The molecule has 0 fully saturated rings. The first-order valence-corrected chi connectivity index (χ1v) is 11.5. The fourth-order valence-corrected chi connectivity index (χ4v) is 3.38. The normalized spacial score (nSPS) is 11.2. The van der Waals surface area contributed by atoms with E-state index in [0.29, 0.717) is 0 Å². The van der Waals surface area contributed by atoms with Crippen molar-refractivity contribution in [3.8, 4) is 0 Å². The Kier molecular flexibility index (Phi) is 14.4. The predicted octanol–water partition coefficient (Wildman–Crippen LogP) is 7.02.